The van der Waals surface area contributed by atoms with Crippen LogP contribution in [0.4, 0.5) is 0 Å². The molecule has 0 fully saturated rings. The minimum absolute atomic E-state index is 0.0976. The number of ether oxygens (including phenoxy) is 2. The highest BCUT2D eigenvalue weighted by atomic mass is 79.9. The Kier molecular flexibility index (Phi) is 6.45. The fourth-order valence-corrected chi connectivity index (χ4v) is 1.61. The summed E-state index contributed by atoms with van der Waals surface area (Å²) in [5.41, 5.74) is 5.57. The van der Waals surface area contributed by atoms with Crippen molar-refractivity contribution in [3.63, 3.8) is 0 Å². The van der Waals surface area contributed by atoms with Gasteiger partial charge in [-0.3, -0.25) is 0 Å². The van der Waals surface area contributed by atoms with Gasteiger partial charge in [-0.05, 0) is 31.2 Å². The Morgan fingerprint density at radius 2 is 2.00 bits per heavy atom. The van der Waals surface area contributed by atoms with Gasteiger partial charge in [0.15, 0.2) is 0 Å². The van der Waals surface area contributed by atoms with Crippen molar-refractivity contribution < 1.29 is 9.47 Å². The number of hydrogen-bond acceptors (Lipinski definition) is 3. The second-order valence-electron chi connectivity index (χ2n) is 3.40. The van der Waals surface area contributed by atoms with E-state index in [1.54, 1.807) is 0 Å². The molecule has 1 aromatic carbocycles. The highest BCUT2D eigenvalue weighted by Crippen LogP contribution is 2.16. The Bertz CT molecular complexity index is 290. The summed E-state index contributed by atoms with van der Waals surface area (Å²) in [5, 5.41) is 0. The minimum atomic E-state index is 0.0976. The van der Waals surface area contributed by atoms with Gasteiger partial charge < -0.3 is 15.2 Å². The number of hydrogen-bond donors (Lipinski definition) is 1. The summed E-state index contributed by atoms with van der Waals surface area (Å²) in [6.07, 6.45) is 0.917. The van der Waals surface area contributed by atoms with Crippen molar-refractivity contribution in [2.45, 2.75) is 19.4 Å². The van der Waals surface area contributed by atoms with Gasteiger partial charge >= 0.3 is 0 Å². The molecule has 1 aromatic rings. The zero-order chi connectivity index (χ0) is 11.8. The Morgan fingerprint density at radius 3 is 2.56 bits per heavy atom. The van der Waals surface area contributed by atoms with Crippen LogP contribution in [-0.2, 0) is 4.74 Å². The van der Waals surface area contributed by atoms with E-state index < -0.39 is 0 Å². The van der Waals surface area contributed by atoms with E-state index in [2.05, 4.69) is 15.9 Å². The molecule has 0 aliphatic rings. The van der Waals surface area contributed by atoms with Crippen LogP contribution in [0.5, 0.6) is 5.75 Å². The summed E-state index contributed by atoms with van der Waals surface area (Å²) < 4.78 is 12.1. The van der Waals surface area contributed by atoms with E-state index >= 15 is 0 Å². The predicted octanol–water partition coefficient (Wildman–Crippen LogP) is 2.58. The predicted molar refractivity (Wildman–Crippen MR) is 68.7 cm³/mol. The second kappa shape index (κ2) is 7.65. The molecule has 1 unspecified atom stereocenters. The quantitative estimate of drug-likeness (QED) is 0.838. The Balaban J connectivity index is 2.26. The van der Waals surface area contributed by atoms with Gasteiger partial charge in [-0.25, -0.2) is 0 Å². The molecule has 0 amide bonds. The average Bonchev–Trinajstić information content (AvgIpc) is 2.30. The molecule has 3 nitrogen and oxygen atoms in total. The second-order valence-corrected chi connectivity index (χ2v) is 4.32. The lowest BCUT2D eigenvalue weighted by atomic mass is 10.2. The van der Waals surface area contributed by atoms with Crippen LogP contribution in [0.25, 0.3) is 0 Å². The number of nitrogens with two attached hydrogens (primary N) is 1. The lowest BCUT2D eigenvalue weighted by Crippen LogP contribution is -2.25. The first kappa shape index (κ1) is 13.5. The molecule has 90 valence electrons. The molecule has 4 heteroatoms. The standard InChI is InChI=1S/C12H18BrNO2/c1-2-15-12(9-14)7-8-16-11-5-3-10(13)4-6-11/h3-6,12H,2,7-9,14H2,1H3. The maximum Gasteiger partial charge on any atom is 0.119 e. The largest absolute Gasteiger partial charge is 0.493 e. The third-order valence-corrected chi connectivity index (χ3v) is 2.72. The lowest BCUT2D eigenvalue weighted by molar-refractivity contribution is 0.0527. The summed E-state index contributed by atoms with van der Waals surface area (Å²) in [4.78, 5) is 0. The van der Waals surface area contributed by atoms with Crippen molar-refractivity contribution in [3.8, 4) is 5.75 Å². The zero-order valence-corrected chi connectivity index (χ0v) is 11.1. The molecule has 0 bridgehead atoms. The van der Waals surface area contributed by atoms with Gasteiger partial charge in [-0.1, -0.05) is 15.9 Å². The first-order valence-corrected chi connectivity index (χ1v) is 6.25. The van der Waals surface area contributed by atoms with E-state index in [1.807, 2.05) is 31.2 Å². The summed E-state index contributed by atoms with van der Waals surface area (Å²) in [6, 6.07) is 7.78. The van der Waals surface area contributed by atoms with Crippen LogP contribution in [0.1, 0.15) is 13.3 Å². The molecule has 1 rings (SSSR count). The topological polar surface area (TPSA) is 44.5 Å². The first-order chi connectivity index (χ1) is 7.76. The molecule has 2 N–H and O–H groups in total. The lowest BCUT2D eigenvalue weighted by Gasteiger charge is -2.15. The van der Waals surface area contributed by atoms with Gasteiger partial charge in [-0.2, -0.15) is 0 Å². The van der Waals surface area contributed by atoms with Gasteiger partial charge in [0.1, 0.15) is 5.75 Å². The van der Waals surface area contributed by atoms with Crippen LogP contribution in [0.15, 0.2) is 28.7 Å². The molecule has 0 spiro atoms. The Hall–Kier alpha value is -0.580. The summed E-state index contributed by atoms with van der Waals surface area (Å²) in [6.45, 7) is 3.83. The maximum atomic E-state index is 5.58. The van der Waals surface area contributed by atoms with Crippen molar-refractivity contribution >= 4 is 15.9 Å². The van der Waals surface area contributed by atoms with E-state index in [-0.39, 0.29) is 6.10 Å². The van der Waals surface area contributed by atoms with Crippen molar-refractivity contribution in [1.29, 1.82) is 0 Å². The fourth-order valence-electron chi connectivity index (χ4n) is 1.34. The van der Waals surface area contributed by atoms with E-state index in [9.17, 15) is 0 Å². The number of rotatable bonds is 7. The van der Waals surface area contributed by atoms with Crippen LogP contribution >= 0.6 is 15.9 Å². The maximum absolute atomic E-state index is 5.58. The molecule has 0 aliphatic heterocycles. The molecular weight excluding hydrogens is 270 g/mol. The average molecular weight is 288 g/mol. The third-order valence-electron chi connectivity index (χ3n) is 2.19. The van der Waals surface area contributed by atoms with E-state index in [0.29, 0.717) is 19.8 Å². The molecule has 0 saturated heterocycles. The molecule has 0 aromatic heterocycles. The van der Waals surface area contributed by atoms with E-state index in [1.165, 1.54) is 0 Å². The molecule has 0 heterocycles. The third kappa shape index (κ3) is 4.96. The van der Waals surface area contributed by atoms with Crippen LogP contribution in [0.2, 0.25) is 0 Å². The summed E-state index contributed by atoms with van der Waals surface area (Å²) in [5.74, 6) is 0.871. The highest BCUT2D eigenvalue weighted by Gasteiger charge is 2.05. The Morgan fingerprint density at radius 1 is 1.31 bits per heavy atom. The first-order valence-electron chi connectivity index (χ1n) is 5.46. The molecular formula is C12H18BrNO2. The van der Waals surface area contributed by atoms with Crippen LogP contribution < -0.4 is 10.5 Å². The molecule has 0 radical (unpaired) electrons. The van der Waals surface area contributed by atoms with Crippen LogP contribution in [0, 0.1) is 0 Å². The van der Waals surface area contributed by atoms with Gasteiger partial charge in [-0.15, -0.1) is 0 Å². The van der Waals surface area contributed by atoms with Crippen molar-refractivity contribution in [3.05, 3.63) is 28.7 Å². The normalized spacial score (nSPS) is 12.4. The van der Waals surface area contributed by atoms with Crippen molar-refractivity contribution in [2.24, 2.45) is 5.73 Å². The van der Waals surface area contributed by atoms with Crippen molar-refractivity contribution in [2.75, 3.05) is 19.8 Å². The minimum Gasteiger partial charge on any atom is -0.493 e. The van der Waals surface area contributed by atoms with Gasteiger partial charge in [0.25, 0.3) is 0 Å². The number of halogens is 1. The summed E-state index contributed by atoms with van der Waals surface area (Å²) in [7, 11) is 0. The van der Waals surface area contributed by atoms with E-state index in [4.69, 9.17) is 15.2 Å². The van der Waals surface area contributed by atoms with E-state index in [0.717, 1.165) is 16.6 Å². The zero-order valence-electron chi connectivity index (χ0n) is 9.49. The Labute approximate surface area is 105 Å². The molecule has 16 heavy (non-hydrogen) atoms. The fraction of sp³-hybridized carbons (Fsp3) is 0.500. The molecule has 0 aliphatic carbocycles. The van der Waals surface area contributed by atoms with Gasteiger partial charge in [0.2, 0.25) is 0 Å². The van der Waals surface area contributed by atoms with Gasteiger partial charge in [0.05, 0.1) is 12.7 Å². The van der Waals surface area contributed by atoms with Gasteiger partial charge in [0, 0.05) is 24.0 Å². The summed E-state index contributed by atoms with van der Waals surface area (Å²) >= 11 is 3.38. The monoisotopic (exact) mass is 287 g/mol. The molecule has 1 atom stereocenters. The van der Waals surface area contributed by atoms with Crippen LogP contribution in [-0.4, -0.2) is 25.9 Å². The molecule has 0 saturated carbocycles. The smallest absolute Gasteiger partial charge is 0.119 e. The number of benzene rings is 1. The van der Waals surface area contributed by atoms with Crippen LogP contribution in [0.3, 0.4) is 0 Å². The SMILES string of the molecule is CCOC(CN)CCOc1ccc(Br)cc1. The highest BCUT2D eigenvalue weighted by molar-refractivity contribution is 9.10. The van der Waals surface area contributed by atoms with Crippen molar-refractivity contribution in [1.82, 2.24) is 0 Å².